The zero-order chi connectivity index (χ0) is 15.9. The van der Waals surface area contributed by atoms with Crippen molar-refractivity contribution in [3.05, 3.63) is 57.3 Å². The number of aromatic amines is 1. The minimum atomic E-state index is -4.36. The van der Waals surface area contributed by atoms with Crippen LogP contribution in [0.5, 0.6) is 0 Å². The second kappa shape index (κ2) is 5.13. The Morgan fingerprint density at radius 1 is 1.23 bits per heavy atom. The number of thiazole rings is 1. The van der Waals surface area contributed by atoms with Crippen molar-refractivity contribution in [1.29, 1.82) is 0 Å². The van der Waals surface area contributed by atoms with Crippen LogP contribution >= 0.6 is 11.3 Å². The number of H-pyrrole nitrogens is 1. The molecule has 22 heavy (non-hydrogen) atoms. The van der Waals surface area contributed by atoms with Gasteiger partial charge in [0.1, 0.15) is 0 Å². The highest BCUT2D eigenvalue weighted by molar-refractivity contribution is 7.12. The molecular weight excluding hydrogens is 315 g/mol. The molecule has 0 radical (unpaired) electrons. The fourth-order valence-electron chi connectivity index (χ4n) is 1.99. The molecule has 0 saturated heterocycles. The van der Waals surface area contributed by atoms with E-state index < -0.39 is 11.7 Å². The number of nitrogens with zero attached hydrogens (tertiary/aromatic N) is 2. The molecule has 0 unspecified atom stereocenters. The van der Waals surface area contributed by atoms with Crippen molar-refractivity contribution >= 4 is 11.3 Å². The lowest BCUT2D eigenvalue weighted by Crippen LogP contribution is -2.13. The fraction of sp³-hybridized carbons (Fsp3) is 0.143. The van der Waals surface area contributed by atoms with Crippen LogP contribution in [0.4, 0.5) is 13.2 Å². The van der Waals surface area contributed by atoms with E-state index in [4.69, 9.17) is 0 Å². The van der Waals surface area contributed by atoms with E-state index in [1.54, 1.807) is 12.3 Å². The van der Waals surface area contributed by atoms with Gasteiger partial charge in [-0.15, -0.1) is 11.3 Å². The van der Waals surface area contributed by atoms with Gasteiger partial charge < -0.3 is 0 Å². The van der Waals surface area contributed by atoms with Gasteiger partial charge in [-0.2, -0.15) is 17.9 Å². The van der Waals surface area contributed by atoms with E-state index in [1.807, 2.05) is 0 Å². The van der Waals surface area contributed by atoms with Gasteiger partial charge in [0.15, 0.2) is 0 Å². The van der Waals surface area contributed by atoms with Gasteiger partial charge in [-0.05, 0) is 19.1 Å². The first kappa shape index (κ1) is 14.6. The largest absolute Gasteiger partial charge is 0.416 e. The fourth-order valence-corrected chi connectivity index (χ4v) is 2.78. The van der Waals surface area contributed by atoms with Crippen molar-refractivity contribution in [1.82, 2.24) is 14.8 Å². The second-order valence-electron chi connectivity index (χ2n) is 4.70. The molecule has 0 spiro atoms. The number of halogens is 3. The molecule has 114 valence electrons. The molecule has 3 rings (SSSR count). The molecule has 0 fully saturated rings. The zero-order valence-electron chi connectivity index (χ0n) is 11.3. The van der Waals surface area contributed by atoms with Crippen LogP contribution in [0.25, 0.3) is 16.4 Å². The molecule has 2 aromatic heterocycles. The SMILES string of the molecule is Cc1cc(=O)n(-c2nc(-c3ccc(C(F)(F)F)cc3)cs2)[nH]1. The number of rotatable bonds is 2. The topological polar surface area (TPSA) is 50.7 Å². The number of alkyl halides is 3. The molecule has 0 aliphatic rings. The first-order chi connectivity index (χ1) is 10.3. The number of nitrogens with one attached hydrogen (secondary N) is 1. The van der Waals surface area contributed by atoms with E-state index in [9.17, 15) is 18.0 Å². The van der Waals surface area contributed by atoms with Crippen LogP contribution in [0.1, 0.15) is 11.3 Å². The van der Waals surface area contributed by atoms with Crippen molar-refractivity contribution in [2.75, 3.05) is 0 Å². The Morgan fingerprint density at radius 2 is 1.91 bits per heavy atom. The highest BCUT2D eigenvalue weighted by Crippen LogP contribution is 2.31. The lowest BCUT2D eigenvalue weighted by molar-refractivity contribution is -0.137. The predicted octanol–water partition coefficient (Wildman–Crippen LogP) is 3.62. The first-order valence-corrected chi connectivity index (χ1v) is 7.15. The van der Waals surface area contributed by atoms with Gasteiger partial charge in [-0.1, -0.05) is 12.1 Å². The monoisotopic (exact) mass is 325 g/mol. The summed E-state index contributed by atoms with van der Waals surface area (Å²) >= 11 is 1.23. The van der Waals surface area contributed by atoms with Crippen molar-refractivity contribution in [3.63, 3.8) is 0 Å². The van der Waals surface area contributed by atoms with Crippen LogP contribution in [0.2, 0.25) is 0 Å². The molecule has 1 N–H and O–H groups in total. The third-order valence-corrected chi connectivity index (χ3v) is 3.87. The van der Waals surface area contributed by atoms with E-state index in [1.165, 1.54) is 34.2 Å². The number of hydrogen-bond acceptors (Lipinski definition) is 3. The maximum Gasteiger partial charge on any atom is 0.416 e. The molecule has 0 amide bonds. The van der Waals surface area contributed by atoms with E-state index >= 15 is 0 Å². The lowest BCUT2D eigenvalue weighted by Gasteiger charge is -2.06. The molecular formula is C14H10F3N3OS. The first-order valence-electron chi connectivity index (χ1n) is 6.27. The normalized spacial score (nSPS) is 11.8. The van der Waals surface area contributed by atoms with E-state index in [2.05, 4.69) is 10.1 Å². The predicted molar refractivity (Wildman–Crippen MR) is 77.2 cm³/mol. The molecule has 2 heterocycles. The standard InChI is InChI=1S/C14H10F3N3OS/c1-8-6-12(21)20(19-8)13-18-11(7-22-13)9-2-4-10(5-3-9)14(15,16)17/h2-7,19H,1H3. The third kappa shape index (κ3) is 2.69. The molecule has 8 heteroatoms. The molecule has 0 bridgehead atoms. The average Bonchev–Trinajstić information content (AvgIpc) is 3.04. The highest BCUT2D eigenvalue weighted by atomic mass is 32.1. The number of aromatic nitrogens is 3. The maximum absolute atomic E-state index is 12.5. The summed E-state index contributed by atoms with van der Waals surface area (Å²) in [4.78, 5) is 16.0. The Bertz CT molecular complexity index is 859. The van der Waals surface area contributed by atoms with E-state index in [0.29, 0.717) is 22.1 Å². The summed E-state index contributed by atoms with van der Waals surface area (Å²) in [6, 6.07) is 6.20. The maximum atomic E-state index is 12.5. The van der Waals surface area contributed by atoms with Crippen LogP contribution in [0.3, 0.4) is 0 Å². The Labute approximate surface area is 126 Å². The lowest BCUT2D eigenvalue weighted by atomic mass is 10.1. The summed E-state index contributed by atoms with van der Waals surface area (Å²) in [6.07, 6.45) is -4.36. The van der Waals surface area contributed by atoms with Gasteiger partial charge in [0.05, 0.1) is 11.3 Å². The van der Waals surface area contributed by atoms with Crippen LogP contribution in [0, 0.1) is 6.92 Å². The second-order valence-corrected chi connectivity index (χ2v) is 5.54. The van der Waals surface area contributed by atoms with Crippen LogP contribution in [-0.4, -0.2) is 14.8 Å². The van der Waals surface area contributed by atoms with Gasteiger partial charge in [0.25, 0.3) is 5.56 Å². The van der Waals surface area contributed by atoms with Gasteiger partial charge in [0.2, 0.25) is 5.13 Å². The van der Waals surface area contributed by atoms with Gasteiger partial charge in [0, 0.05) is 22.7 Å². The smallest absolute Gasteiger partial charge is 0.293 e. The Balaban J connectivity index is 1.94. The molecule has 0 saturated carbocycles. The molecule has 4 nitrogen and oxygen atoms in total. The summed E-state index contributed by atoms with van der Waals surface area (Å²) in [5.74, 6) is 0. The van der Waals surface area contributed by atoms with Gasteiger partial charge in [-0.25, -0.2) is 4.98 Å². The quantitative estimate of drug-likeness (QED) is 0.782. The van der Waals surface area contributed by atoms with Crippen molar-refractivity contribution in [3.8, 4) is 16.4 Å². The number of hydrogen-bond donors (Lipinski definition) is 1. The number of benzene rings is 1. The van der Waals surface area contributed by atoms with Crippen LogP contribution in [0.15, 0.2) is 40.5 Å². The molecule has 0 atom stereocenters. The van der Waals surface area contributed by atoms with Crippen LogP contribution < -0.4 is 5.56 Å². The number of aryl methyl sites for hydroxylation is 1. The minimum Gasteiger partial charge on any atom is -0.293 e. The summed E-state index contributed by atoms with van der Waals surface area (Å²) in [7, 11) is 0. The van der Waals surface area contributed by atoms with Crippen LogP contribution in [-0.2, 0) is 6.18 Å². The zero-order valence-corrected chi connectivity index (χ0v) is 12.1. The third-order valence-electron chi connectivity index (χ3n) is 3.04. The van der Waals surface area contributed by atoms with E-state index in [0.717, 1.165) is 12.1 Å². The Morgan fingerprint density at radius 3 is 2.45 bits per heavy atom. The summed E-state index contributed by atoms with van der Waals surface area (Å²) in [5.41, 5.74) is 0.852. The molecule has 0 aliphatic carbocycles. The average molecular weight is 325 g/mol. The highest BCUT2D eigenvalue weighted by Gasteiger charge is 2.30. The Hall–Kier alpha value is -2.35. The minimum absolute atomic E-state index is 0.231. The summed E-state index contributed by atoms with van der Waals surface area (Å²) < 4.78 is 38.9. The van der Waals surface area contributed by atoms with E-state index in [-0.39, 0.29) is 5.56 Å². The van der Waals surface area contributed by atoms with Crippen molar-refractivity contribution in [2.45, 2.75) is 13.1 Å². The molecule has 3 aromatic rings. The molecule has 1 aromatic carbocycles. The van der Waals surface area contributed by atoms with Gasteiger partial charge in [-0.3, -0.25) is 9.89 Å². The van der Waals surface area contributed by atoms with Crippen molar-refractivity contribution in [2.24, 2.45) is 0 Å². The molecule has 0 aliphatic heterocycles. The summed E-state index contributed by atoms with van der Waals surface area (Å²) in [6.45, 7) is 1.75. The van der Waals surface area contributed by atoms with Gasteiger partial charge >= 0.3 is 6.18 Å². The van der Waals surface area contributed by atoms with Crippen molar-refractivity contribution < 1.29 is 13.2 Å². The Kier molecular flexibility index (Phi) is 3.40. The summed E-state index contributed by atoms with van der Waals surface area (Å²) in [5, 5.41) is 4.99.